The monoisotopic (exact) mass is 274 g/mol. The van der Waals surface area contributed by atoms with Crippen molar-refractivity contribution in [3.8, 4) is 11.8 Å². The summed E-state index contributed by atoms with van der Waals surface area (Å²) < 4.78 is 32.4. The van der Waals surface area contributed by atoms with Gasteiger partial charge in [0.2, 0.25) is 0 Å². The molecule has 0 saturated carbocycles. The third kappa shape index (κ3) is 3.11. The van der Waals surface area contributed by atoms with Crippen molar-refractivity contribution in [1.29, 1.82) is 5.26 Å². The second kappa shape index (κ2) is 6.13. The van der Waals surface area contributed by atoms with Gasteiger partial charge in [-0.05, 0) is 35.9 Å². The van der Waals surface area contributed by atoms with E-state index in [4.69, 9.17) is 15.7 Å². The normalized spacial score (nSPS) is 11.7. The Hall–Kier alpha value is -2.45. The van der Waals surface area contributed by atoms with Crippen LogP contribution in [-0.4, -0.2) is 6.54 Å². The first-order valence-electron chi connectivity index (χ1n) is 5.96. The minimum absolute atomic E-state index is 0.0243. The van der Waals surface area contributed by atoms with Gasteiger partial charge in [-0.2, -0.15) is 5.26 Å². The third-order valence-corrected chi connectivity index (χ3v) is 2.76. The van der Waals surface area contributed by atoms with Crippen molar-refractivity contribution in [3.05, 3.63) is 65.2 Å². The zero-order valence-electron chi connectivity index (χ0n) is 10.5. The largest absolute Gasteiger partial charge is 0.481 e. The molecule has 5 heteroatoms. The predicted octanol–water partition coefficient (Wildman–Crippen LogP) is 2.92. The molecular weight excluding hydrogens is 262 g/mol. The molecule has 0 bridgehead atoms. The number of nitriles is 1. The smallest absolute Gasteiger partial charge is 0.166 e. The van der Waals surface area contributed by atoms with Gasteiger partial charge in [0.15, 0.2) is 11.6 Å². The first-order chi connectivity index (χ1) is 9.63. The Morgan fingerprint density at radius 1 is 1.20 bits per heavy atom. The Morgan fingerprint density at radius 3 is 2.60 bits per heavy atom. The van der Waals surface area contributed by atoms with E-state index in [2.05, 4.69) is 0 Å². The fraction of sp³-hybridized carbons (Fsp3) is 0.133. The standard InChI is InChI=1S/C15H12F2N2O/c16-12-3-1-2-11(7-12)15(9-19)20-14-5-4-10(8-18)6-13(14)17/h1-7,15H,9,19H2. The summed E-state index contributed by atoms with van der Waals surface area (Å²) in [5, 5.41) is 8.67. The topological polar surface area (TPSA) is 59.0 Å². The summed E-state index contributed by atoms with van der Waals surface area (Å²) in [5.41, 5.74) is 6.31. The molecule has 0 radical (unpaired) electrons. The van der Waals surface area contributed by atoms with Crippen LogP contribution in [0.2, 0.25) is 0 Å². The number of halogens is 2. The van der Waals surface area contributed by atoms with Crippen LogP contribution in [0.5, 0.6) is 5.75 Å². The summed E-state index contributed by atoms with van der Waals surface area (Å²) in [6, 6.07) is 11.5. The number of nitrogens with zero attached hydrogens (tertiary/aromatic N) is 1. The maximum atomic E-state index is 13.7. The van der Waals surface area contributed by atoms with Gasteiger partial charge in [0.25, 0.3) is 0 Å². The Balaban J connectivity index is 2.25. The molecule has 2 aromatic rings. The van der Waals surface area contributed by atoms with Gasteiger partial charge in [0, 0.05) is 6.54 Å². The van der Waals surface area contributed by atoms with Crippen LogP contribution in [0, 0.1) is 23.0 Å². The Bertz CT molecular complexity index is 653. The summed E-state index contributed by atoms with van der Waals surface area (Å²) in [7, 11) is 0. The molecule has 20 heavy (non-hydrogen) atoms. The number of rotatable bonds is 4. The summed E-state index contributed by atoms with van der Waals surface area (Å²) in [5.74, 6) is -1.09. The van der Waals surface area contributed by atoms with Gasteiger partial charge in [-0.1, -0.05) is 12.1 Å². The molecule has 0 spiro atoms. The maximum absolute atomic E-state index is 13.7. The molecule has 0 heterocycles. The maximum Gasteiger partial charge on any atom is 0.166 e. The van der Waals surface area contributed by atoms with Crippen molar-refractivity contribution >= 4 is 0 Å². The zero-order valence-corrected chi connectivity index (χ0v) is 10.5. The quantitative estimate of drug-likeness (QED) is 0.932. The molecule has 2 aromatic carbocycles. The van der Waals surface area contributed by atoms with E-state index in [1.165, 1.54) is 30.3 Å². The molecule has 0 amide bonds. The third-order valence-electron chi connectivity index (χ3n) is 2.76. The Morgan fingerprint density at radius 2 is 2.00 bits per heavy atom. The molecule has 0 saturated heterocycles. The first-order valence-corrected chi connectivity index (χ1v) is 5.96. The Labute approximate surface area is 115 Å². The lowest BCUT2D eigenvalue weighted by Gasteiger charge is -2.18. The fourth-order valence-corrected chi connectivity index (χ4v) is 1.78. The van der Waals surface area contributed by atoms with Gasteiger partial charge >= 0.3 is 0 Å². The molecule has 102 valence electrons. The molecule has 0 fully saturated rings. The molecule has 3 nitrogen and oxygen atoms in total. The summed E-state index contributed by atoms with van der Waals surface area (Å²) in [6.07, 6.45) is -0.659. The molecule has 1 unspecified atom stereocenters. The second-order valence-electron chi connectivity index (χ2n) is 4.15. The number of hydrogen-bond donors (Lipinski definition) is 1. The van der Waals surface area contributed by atoms with Crippen LogP contribution in [0.3, 0.4) is 0 Å². The molecule has 2 rings (SSSR count). The van der Waals surface area contributed by atoms with Crippen LogP contribution in [0.25, 0.3) is 0 Å². The van der Waals surface area contributed by atoms with Crippen molar-refractivity contribution in [2.75, 3.05) is 6.54 Å². The van der Waals surface area contributed by atoms with Crippen molar-refractivity contribution in [2.45, 2.75) is 6.10 Å². The zero-order chi connectivity index (χ0) is 14.5. The van der Waals surface area contributed by atoms with Gasteiger partial charge in [-0.15, -0.1) is 0 Å². The average molecular weight is 274 g/mol. The van der Waals surface area contributed by atoms with Gasteiger partial charge in [0.1, 0.15) is 11.9 Å². The number of hydrogen-bond acceptors (Lipinski definition) is 3. The molecule has 2 N–H and O–H groups in total. The minimum atomic E-state index is -0.659. The summed E-state index contributed by atoms with van der Waals surface area (Å²) in [4.78, 5) is 0. The van der Waals surface area contributed by atoms with E-state index < -0.39 is 17.7 Å². The van der Waals surface area contributed by atoms with E-state index in [9.17, 15) is 8.78 Å². The second-order valence-corrected chi connectivity index (χ2v) is 4.15. The predicted molar refractivity (Wildman–Crippen MR) is 69.9 cm³/mol. The molecule has 0 aliphatic rings. The number of ether oxygens (including phenoxy) is 1. The highest BCUT2D eigenvalue weighted by Gasteiger charge is 2.15. The fourth-order valence-electron chi connectivity index (χ4n) is 1.78. The molecular formula is C15H12F2N2O. The van der Waals surface area contributed by atoms with E-state index in [0.717, 1.165) is 6.07 Å². The van der Waals surface area contributed by atoms with Crippen molar-refractivity contribution in [3.63, 3.8) is 0 Å². The number of nitrogens with two attached hydrogens (primary N) is 1. The first kappa shape index (κ1) is 14.0. The number of benzene rings is 2. The lowest BCUT2D eigenvalue weighted by molar-refractivity contribution is 0.204. The van der Waals surface area contributed by atoms with Crippen LogP contribution < -0.4 is 10.5 Å². The molecule has 0 aromatic heterocycles. The van der Waals surface area contributed by atoms with Gasteiger partial charge in [-0.25, -0.2) is 8.78 Å². The van der Waals surface area contributed by atoms with E-state index in [-0.39, 0.29) is 17.9 Å². The molecule has 0 aliphatic carbocycles. The van der Waals surface area contributed by atoms with Crippen LogP contribution >= 0.6 is 0 Å². The van der Waals surface area contributed by atoms with Gasteiger partial charge in [-0.3, -0.25) is 0 Å². The van der Waals surface area contributed by atoms with E-state index in [1.807, 2.05) is 6.07 Å². The highest BCUT2D eigenvalue weighted by Crippen LogP contribution is 2.25. The average Bonchev–Trinajstić information content (AvgIpc) is 2.46. The van der Waals surface area contributed by atoms with Gasteiger partial charge < -0.3 is 10.5 Å². The summed E-state index contributed by atoms with van der Waals surface area (Å²) >= 11 is 0. The minimum Gasteiger partial charge on any atom is -0.481 e. The van der Waals surface area contributed by atoms with Crippen molar-refractivity contribution in [1.82, 2.24) is 0 Å². The van der Waals surface area contributed by atoms with E-state index in [0.29, 0.717) is 5.56 Å². The highest BCUT2D eigenvalue weighted by molar-refractivity contribution is 5.36. The lowest BCUT2D eigenvalue weighted by Crippen LogP contribution is -2.19. The van der Waals surface area contributed by atoms with E-state index >= 15 is 0 Å². The van der Waals surface area contributed by atoms with Crippen LogP contribution in [-0.2, 0) is 0 Å². The van der Waals surface area contributed by atoms with Crippen LogP contribution in [0.1, 0.15) is 17.2 Å². The summed E-state index contributed by atoms with van der Waals surface area (Å²) in [6.45, 7) is 0.0723. The van der Waals surface area contributed by atoms with Crippen molar-refractivity contribution in [2.24, 2.45) is 5.73 Å². The van der Waals surface area contributed by atoms with E-state index in [1.54, 1.807) is 6.07 Å². The Kier molecular flexibility index (Phi) is 4.28. The lowest BCUT2D eigenvalue weighted by atomic mass is 10.1. The highest BCUT2D eigenvalue weighted by atomic mass is 19.1. The van der Waals surface area contributed by atoms with Gasteiger partial charge in [0.05, 0.1) is 11.6 Å². The SMILES string of the molecule is N#Cc1ccc(OC(CN)c2cccc(F)c2)c(F)c1. The molecule has 1 atom stereocenters. The van der Waals surface area contributed by atoms with Crippen molar-refractivity contribution < 1.29 is 13.5 Å². The van der Waals surface area contributed by atoms with Crippen LogP contribution in [0.15, 0.2) is 42.5 Å². The van der Waals surface area contributed by atoms with Crippen LogP contribution in [0.4, 0.5) is 8.78 Å². The molecule has 0 aliphatic heterocycles.